The lowest BCUT2D eigenvalue weighted by Crippen LogP contribution is -2.50. The van der Waals surface area contributed by atoms with Crippen molar-refractivity contribution in [1.82, 2.24) is 15.1 Å². The Morgan fingerprint density at radius 1 is 1.40 bits per heavy atom. The number of rotatable bonds is 3. The van der Waals surface area contributed by atoms with Crippen LogP contribution in [-0.2, 0) is 9.59 Å². The predicted octanol–water partition coefficient (Wildman–Crippen LogP) is 0.965. The molecule has 0 unspecified atom stereocenters. The molecule has 1 saturated carbocycles. The van der Waals surface area contributed by atoms with Crippen LogP contribution < -0.4 is 5.32 Å². The highest BCUT2D eigenvalue weighted by atomic mass is 16.2. The summed E-state index contributed by atoms with van der Waals surface area (Å²) in [6.07, 6.45) is 3.21. The van der Waals surface area contributed by atoms with Crippen LogP contribution in [0.4, 0.5) is 4.79 Å². The van der Waals surface area contributed by atoms with Gasteiger partial charge in [-0.25, -0.2) is 4.79 Å². The molecule has 1 aliphatic carbocycles. The summed E-state index contributed by atoms with van der Waals surface area (Å²) in [4.78, 5) is 39.0. The van der Waals surface area contributed by atoms with Crippen LogP contribution in [0.5, 0.6) is 0 Å². The quantitative estimate of drug-likeness (QED) is 0.784. The van der Waals surface area contributed by atoms with Gasteiger partial charge in [0.05, 0.1) is 0 Å². The van der Waals surface area contributed by atoms with Crippen molar-refractivity contribution in [3.8, 4) is 0 Å². The molecule has 1 heterocycles. The van der Waals surface area contributed by atoms with Crippen LogP contribution in [0.1, 0.15) is 39.5 Å². The van der Waals surface area contributed by atoms with Gasteiger partial charge in [-0.3, -0.25) is 14.5 Å². The Morgan fingerprint density at radius 3 is 2.55 bits per heavy atom. The average molecular weight is 281 g/mol. The van der Waals surface area contributed by atoms with Gasteiger partial charge >= 0.3 is 6.03 Å². The third kappa shape index (κ3) is 2.51. The smallest absolute Gasteiger partial charge is 0.325 e. The van der Waals surface area contributed by atoms with Gasteiger partial charge in [-0.2, -0.15) is 0 Å². The van der Waals surface area contributed by atoms with Crippen molar-refractivity contribution in [3.05, 3.63) is 0 Å². The lowest BCUT2D eigenvalue weighted by molar-refractivity contribution is -0.139. The highest BCUT2D eigenvalue weighted by Crippen LogP contribution is 2.36. The zero-order valence-electron chi connectivity index (χ0n) is 12.4. The van der Waals surface area contributed by atoms with E-state index in [1.165, 1.54) is 4.90 Å². The number of likely N-dealkylation sites (N-methyl/N-ethyl adjacent to an activating group) is 1. The van der Waals surface area contributed by atoms with Crippen LogP contribution in [0.2, 0.25) is 0 Å². The Labute approximate surface area is 119 Å². The molecule has 2 aliphatic rings. The fourth-order valence-electron chi connectivity index (χ4n) is 2.85. The van der Waals surface area contributed by atoms with Gasteiger partial charge in [-0.15, -0.1) is 0 Å². The number of carbonyl (C=O) groups excluding carboxylic acids is 3. The molecule has 1 N–H and O–H groups in total. The molecular formula is C14H23N3O3. The first-order valence-corrected chi connectivity index (χ1v) is 7.27. The van der Waals surface area contributed by atoms with Crippen molar-refractivity contribution in [1.29, 1.82) is 0 Å². The SMILES string of the molecule is CCN(C)C(=O)CN1C(=O)NC2(CCC(C)CC2)C1=O. The number of nitrogens with one attached hydrogen (secondary N) is 1. The van der Waals surface area contributed by atoms with E-state index in [1.54, 1.807) is 7.05 Å². The molecule has 20 heavy (non-hydrogen) atoms. The number of nitrogens with zero attached hydrogens (tertiary/aromatic N) is 2. The van der Waals surface area contributed by atoms with E-state index in [0.717, 1.165) is 17.7 Å². The first-order valence-electron chi connectivity index (χ1n) is 7.27. The summed E-state index contributed by atoms with van der Waals surface area (Å²) in [6, 6.07) is -0.428. The molecule has 1 saturated heterocycles. The minimum atomic E-state index is -0.755. The Balaban J connectivity index is 2.07. The fourth-order valence-corrected chi connectivity index (χ4v) is 2.85. The second-order valence-electron chi connectivity index (χ2n) is 5.99. The first kappa shape index (κ1) is 14.8. The van der Waals surface area contributed by atoms with E-state index >= 15 is 0 Å². The van der Waals surface area contributed by atoms with Gasteiger partial charge in [0.25, 0.3) is 5.91 Å². The molecule has 4 amide bonds. The van der Waals surface area contributed by atoms with E-state index in [2.05, 4.69) is 12.2 Å². The van der Waals surface area contributed by atoms with E-state index in [-0.39, 0.29) is 18.4 Å². The Bertz CT molecular complexity index is 427. The average Bonchev–Trinajstić information content (AvgIpc) is 2.66. The molecular weight excluding hydrogens is 258 g/mol. The lowest BCUT2D eigenvalue weighted by Gasteiger charge is -2.33. The van der Waals surface area contributed by atoms with Crippen LogP contribution in [0.15, 0.2) is 0 Å². The van der Waals surface area contributed by atoms with Gasteiger partial charge in [0.15, 0.2) is 0 Å². The van der Waals surface area contributed by atoms with Crippen LogP contribution in [0.25, 0.3) is 0 Å². The maximum Gasteiger partial charge on any atom is 0.325 e. The van der Waals surface area contributed by atoms with Gasteiger partial charge in [-0.05, 0) is 38.5 Å². The number of urea groups is 1. The molecule has 0 aromatic carbocycles. The van der Waals surface area contributed by atoms with Gasteiger partial charge < -0.3 is 10.2 Å². The first-order chi connectivity index (χ1) is 9.39. The number of imide groups is 1. The summed E-state index contributed by atoms with van der Waals surface area (Å²) >= 11 is 0. The summed E-state index contributed by atoms with van der Waals surface area (Å²) in [5.74, 6) is 0.150. The molecule has 1 aliphatic heterocycles. The summed E-state index contributed by atoms with van der Waals surface area (Å²) in [6.45, 7) is 4.41. The lowest BCUT2D eigenvalue weighted by atomic mass is 9.77. The monoisotopic (exact) mass is 281 g/mol. The zero-order valence-corrected chi connectivity index (χ0v) is 12.4. The van der Waals surface area contributed by atoms with Crippen molar-refractivity contribution < 1.29 is 14.4 Å². The molecule has 1 spiro atoms. The van der Waals surface area contributed by atoms with E-state index in [9.17, 15) is 14.4 Å². The normalized spacial score (nSPS) is 29.8. The van der Waals surface area contributed by atoms with E-state index in [0.29, 0.717) is 25.3 Å². The van der Waals surface area contributed by atoms with Crippen molar-refractivity contribution in [2.75, 3.05) is 20.1 Å². The number of carbonyl (C=O) groups is 3. The Morgan fingerprint density at radius 2 is 2.00 bits per heavy atom. The van der Waals surface area contributed by atoms with Crippen molar-refractivity contribution in [2.45, 2.75) is 45.1 Å². The number of hydrogen-bond acceptors (Lipinski definition) is 3. The minimum absolute atomic E-state index is 0.160. The van der Waals surface area contributed by atoms with Crippen LogP contribution in [-0.4, -0.2) is 53.3 Å². The van der Waals surface area contributed by atoms with Gasteiger partial charge in [0.1, 0.15) is 12.1 Å². The third-order valence-corrected chi connectivity index (χ3v) is 4.57. The maximum absolute atomic E-state index is 12.5. The van der Waals surface area contributed by atoms with Gasteiger partial charge in [0.2, 0.25) is 5.91 Å². The zero-order chi connectivity index (χ0) is 14.9. The summed E-state index contributed by atoms with van der Waals surface area (Å²) in [5.41, 5.74) is -0.755. The Hall–Kier alpha value is -1.59. The standard InChI is InChI=1S/C14H23N3O3/c1-4-16(3)11(18)9-17-12(19)14(15-13(17)20)7-5-10(2)6-8-14/h10H,4-9H2,1-3H3,(H,15,20). The molecule has 0 aromatic rings. The third-order valence-electron chi connectivity index (χ3n) is 4.57. The molecule has 2 rings (SSSR count). The molecule has 0 aromatic heterocycles. The molecule has 6 heteroatoms. The predicted molar refractivity (Wildman–Crippen MR) is 73.9 cm³/mol. The summed E-state index contributed by atoms with van der Waals surface area (Å²) in [7, 11) is 1.67. The van der Waals surface area contributed by atoms with Crippen LogP contribution in [0, 0.1) is 5.92 Å². The second-order valence-corrected chi connectivity index (χ2v) is 5.99. The van der Waals surface area contributed by atoms with Gasteiger partial charge in [-0.1, -0.05) is 6.92 Å². The van der Waals surface area contributed by atoms with Crippen LogP contribution in [0.3, 0.4) is 0 Å². The maximum atomic E-state index is 12.5. The van der Waals surface area contributed by atoms with E-state index in [1.807, 2.05) is 6.92 Å². The fraction of sp³-hybridized carbons (Fsp3) is 0.786. The van der Waals surface area contributed by atoms with Crippen molar-refractivity contribution in [2.24, 2.45) is 5.92 Å². The largest absolute Gasteiger partial charge is 0.344 e. The highest BCUT2D eigenvalue weighted by Gasteiger charge is 2.52. The van der Waals surface area contributed by atoms with Gasteiger partial charge in [0, 0.05) is 13.6 Å². The van der Waals surface area contributed by atoms with E-state index < -0.39 is 11.6 Å². The molecule has 0 bridgehead atoms. The molecule has 0 atom stereocenters. The summed E-state index contributed by atoms with van der Waals surface area (Å²) < 4.78 is 0. The molecule has 2 fully saturated rings. The minimum Gasteiger partial charge on any atom is -0.344 e. The Kier molecular flexibility index (Phi) is 4.01. The topological polar surface area (TPSA) is 69.7 Å². The molecule has 0 radical (unpaired) electrons. The second kappa shape index (κ2) is 5.42. The molecule has 6 nitrogen and oxygen atoms in total. The van der Waals surface area contributed by atoms with Crippen molar-refractivity contribution >= 4 is 17.8 Å². The van der Waals surface area contributed by atoms with E-state index in [4.69, 9.17) is 0 Å². The molecule has 112 valence electrons. The van der Waals surface area contributed by atoms with Crippen molar-refractivity contribution in [3.63, 3.8) is 0 Å². The summed E-state index contributed by atoms with van der Waals surface area (Å²) in [5, 5.41) is 2.82. The number of hydrogen-bond donors (Lipinski definition) is 1. The number of amides is 4. The highest BCUT2D eigenvalue weighted by molar-refractivity contribution is 6.09. The van der Waals surface area contributed by atoms with Crippen LogP contribution >= 0.6 is 0 Å².